The molecule has 0 aromatic rings. The van der Waals surface area contributed by atoms with Gasteiger partial charge in [-0.2, -0.15) is 8.42 Å². The van der Waals surface area contributed by atoms with Crippen molar-refractivity contribution in [2.45, 2.75) is 198 Å². The van der Waals surface area contributed by atoms with Crippen molar-refractivity contribution >= 4 is 16.4 Å². The molecule has 0 spiro atoms. The summed E-state index contributed by atoms with van der Waals surface area (Å²) in [4.78, 5) is 12.7. The van der Waals surface area contributed by atoms with E-state index in [1.165, 1.54) is 89.9 Å². The van der Waals surface area contributed by atoms with E-state index < -0.39 is 59.8 Å². The quantitative estimate of drug-likeness (QED) is 0.0227. The first-order valence-electron chi connectivity index (χ1n) is 19.9. The Kier molecular flexibility index (Phi) is 29.3. The summed E-state index contributed by atoms with van der Waals surface area (Å²) in [5.74, 6) is -0.404. The molecule has 1 heterocycles. The van der Waals surface area contributed by atoms with E-state index in [9.17, 15) is 28.5 Å². The average molecular weight is 753 g/mol. The molecule has 1 aliphatic rings. The first-order valence-corrected chi connectivity index (χ1v) is 21.3. The first-order chi connectivity index (χ1) is 24.6. The summed E-state index contributed by atoms with van der Waals surface area (Å²) in [5, 5.41) is 30.5. The molecule has 0 radical (unpaired) electrons. The second-order valence-electron chi connectivity index (χ2n) is 13.9. The minimum absolute atomic E-state index is 0.0360. The standard InChI is InChI=1S/C38H72O12S/c1-3-5-7-9-11-13-14-15-16-17-18-20-22-24-26-28-46-30-32(48-34(40)27-25-23-21-19-12-10-8-6-4-2)31-47-38-36(42)37(50-51(43,44)45)35(41)33(29-39)49-38/h14-15,32-33,35-39,41-42H,3-13,16-31H2,1-2H3,(H,43,44,45)/b15-14-. The van der Waals surface area contributed by atoms with E-state index >= 15 is 0 Å². The van der Waals surface area contributed by atoms with Gasteiger partial charge >= 0.3 is 16.4 Å². The van der Waals surface area contributed by atoms with E-state index in [1.807, 2.05) is 0 Å². The van der Waals surface area contributed by atoms with Crippen molar-refractivity contribution in [2.24, 2.45) is 0 Å². The van der Waals surface area contributed by atoms with Crippen molar-refractivity contribution in [2.75, 3.05) is 26.4 Å². The lowest BCUT2D eigenvalue weighted by Gasteiger charge is -2.41. The highest BCUT2D eigenvalue weighted by atomic mass is 32.3. The minimum Gasteiger partial charge on any atom is -0.457 e. The van der Waals surface area contributed by atoms with Gasteiger partial charge in [-0.1, -0.05) is 129 Å². The number of esters is 1. The first kappa shape index (κ1) is 47.9. The second kappa shape index (κ2) is 31.2. The Hall–Kier alpha value is -1.16. The lowest BCUT2D eigenvalue weighted by atomic mass is 9.99. The molecule has 0 saturated carbocycles. The van der Waals surface area contributed by atoms with E-state index in [0.717, 1.165) is 44.9 Å². The van der Waals surface area contributed by atoms with Crippen LogP contribution in [0.15, 0.2) is 12.2 Å². The third-order valence-electron chi connectivity index (χ3n) is 9.14. The van der Waals surface area contributed by atoms with Crippen LogP contribution in [0.3, 0.4) is 0 Å². The number of ether oxygens (including phenoxy) is 4. The molecule has 1 rings (SSSR count). The number of rotatable bonds is 34. The van der Waals surface area contributed by atoms with Crippen LogP contribution in [0.5, 0.6) is 0 Å². The van der Waals surface area contributed by atoms with Crippen LogP contribution in [0.2, 0.25) is 0 Å². The molecule has 6 atom stereocenters. The largest absolute Gasteiger partial charge is 0.457 e. The van der Waals surface area contributed by atoms with Gasteiger partial charge in [0.05, 0.1) is 19.8 Å². The average Bonchev–Trinajstić information content (AvgIpc) is 3.09. The summed E-state index contributed by atoms with van der Waals surface area (Å²) in [5.41, 5.74) is 0. The van der Waals surface area contributed by atoms with Crippen LogP contribution >= 0.6 is 0 Å². The zero-order valence-electron chi connectivity index (χ0n) is 31.7. The van der Waals surface area contributed by atoms with E-state index in [4.69, 9.17) is 23.5 Å². The number of aliphatic hydroxyl groups is 3. The van der Waals surface area contributed by atoms with Crippen molar-refractivity contribution < 1.29 is 56.2 Å². The van der Waals surface area contributed by atoms with Crippen molar-refractivity contribution in [1.29, 1.82) is 0 Å². The Morgan fingerprint density at radius 2 is 1.24 bits per heavy atom. The van der Waals surface area contributed by atoms with Crippen LogP contribution in [-0.2, 0) is 38.3 Å². The third kappa shape index (κ3) is 25.5. The summed E-state index contributed by atoms with van der Waals surface area (Å²) in [6.45, 7) is 3.93. The van der Waals surface area contributed by atoms with E-state index in [1.54, 1.807) is 0 Å². The van der Waals surface area contributed by atoms with E-state index in [2.05, 4.69) is 30.2 Å². The summed E-state index contributed by atoms with van der Waals surface area (Å²) < 4.78 is 58.7. The van der Waals surface area contributed by atoms with Gasteiger partial charge < -0.3 is 34.3 Å². The lowest BCUT2D eigenvalue weighted by Crippen LogP contribution is -2.60. The number of carbonyl (C=O) groups is 1. The maximum absolute atomic E-state index is 12.7. The predicted octanol–water partition coefficient (Wildman–Crippen LogP) is 7.13. The number of unbranched alkanes of at least 4 members (excludes halogenated alkanes) is 19. The maximum Gasteiger partial charge on any atom is 0.397 e. The number of hydrogen-bond acceptors (Lipinski definition) is 11. The molecular formula is C38H72O12S. The normalized spacial score (nSPS) is 21.7. The molecular weight excluding hydrogens is 680 g/mol. The third-order valence-corrected chi connectivity index (χ3v) is 9.60. The fraction of sp³-hybridized carbons (Fsp3) is 0.921. The molecule has 13 heteroatoms. The Bertz CT molecular complexity index is 963. The molecule has 1 aliphatic heterocycles. The van der Waals surface area contributed by atoms with Crippen LogP contribution in [0.4, 0.5) is 0 Å². The Morgan fingerprint density at radius 3 is 1.76 bits per heavy atom. The Morgan fingerprint density at radius 1 is 0.725 bits per heavy atom. The van der Waals surface area contributed by atoms with Gasteiger partial charge in [0.25, 0.3) is 0 Å². The highest BCUT2D eigenvalue weighted by molar-refractivity contribution is 7.80. The highest BCUT2D eigenvalue weighted by Gasteiger charge is 2.48. The van der Waals surface area contributed by atoms with Gasteiger partial charge in [-0.05, 0) is 38.5 Å². The molecule has 0 bridgehead atoms. The summed E-state index contributed by atoms with van der Waals surface area (Å²) in [6.07, 6.45) is 21.2. The van der Waals surface area contributed by atoms with Crippen LogP contribution in [0.1, 0.15) is 162 Å². The van der Waals surface area contributed by atoms with Crippen molar-refractivity contribution in [3.05, 3.63) is 12.2 Å². The van der Waals surface area contributed by atoms with Crippen LogP contribution in [-0.4, -0.2) is 97.5 Å². The molecule has 0 aromatic heterocycles. The van der Waals surface area contributed by atoms with Gasteiger partial charge in [-0.25, -0.2) is 4.18 Å². The molecule has 12 nitrogen and oxygen atoms in total. The minimum atomic E-state index is -5.05. The topological polar surface area (TPSA) is 178 Å². The molecule has 0 aromatic carbocycles. The molecule has 0 aliphatic carbocycles. The fourth-order valence-electron chi connectivity index (χ4n) is 6.08. The number of aliphatic hydroxyl groups excluding tert-OH is 3. The zero-order chi connectivity index (χ0) is 37.6. The van der Waals surface area contributed by atoms with Gasteiger partial charge in [0.1, 0.15) is 30.5 Å². The zero-order valence-corrected chi connectivity index (χ0v) is 32.5. The number of allylic oxidation sites excluding steroid dienone is 2. The van der Waals surface area contributed by atoms with Gasteiger partial charge in [0.15, 0.2) is 6.29 Å². The molecule has 6 unspecified atom stereocenters. The van der Waals surface area contributed by atoms with Crippen molar-refractivity contribution in [3.63, 3.8) is 0 Å². The summed E-state index contributed by atoms with van der Waals surface area (Å²) >= 11 is 0. The molecule has 51 heavy (non-hydrogen) atoms. The summed E-state index contributed by atoms with van der Waals surface area (Å²) in [6, 6.07) is 0. The van der Waals surface area contributed by atoms with Gasteiger partial charge in [-0.15, -0.1) is 0 Å². The molecule has 1 fully saturated rings. The predicted molar refractivity (Wildman–Crippen MR) is 198 cm³/mol. The van der Waals surface area contributed by atoms with Crippen LogP contribution in [0, 0.1) is 0 Å². The van der Waals surface area contributed by atoms with Gasteiger partial charge in [0.2, 0.25) is 0 Å². The Balaban J connectivity index is 2.47. The van der Waals surface area contributed by atoms with Crippen LogP contribution in [0.25, 0.3) is 0 Å². The van der Waals surface area contributed by atoms with Gasteiger partial charge in [-0.3, -0.25) is 9.35 Å². The summed E-state index contributed by atoms with van der Waals surface area (Å²) in [7, 11) is -5.05. The monoisotopic (exact) mass is 752 g/mol. The van der Waals surface area contributed by atoms with E-state index in [-0.39, 0.29) is 19.6 Å². The van der Waals surface area contributed by atoms with Gasteiger partial charge in [0, 0.05) is 13.0 Å². The maximum atomic E-state index is 12.7. The lowest BCUT2D eigenvalue weighted by molar-refractivity contribution is -0.301. The SMILES string of the molecule is CCCCCCC/C=C\CCCCCCCCOCC(COC1OC(CO)C(O)C(OS(=O)(=O)O)C1O)OC(=O)CCCCCCCCCCC. The van der Waals surface area contributed by atoms with Crippen molar-refractivity contribution in [3.8, 4) is 0 Å². The Labute approximate surface area is 308 Å². The highest BCUT2D eigenvalue weighted by Crippen LogP contribution is 2.26. The second-order valence-corrected chi connectivity index (χ2v) is 14.9. The number of carbonyl (C=O) groups excluding carboxylic acids is 1. The molecule has 302 valence electrons. The van der Waals surface area contributed by atoms with E-state index in [0.29, 0.717) is 13.0 Å². The smallest absolute Gasteiger partial charge is 0.397 e. The fourth-order valence-corrected chi connectivity index (χ4v) is 6.59. The van der Waals surface area contributed by atoms with Crippen molar-refractivity contribution in [1.82, 2.24) is 0 Å². The number of hydrogen-bond donors (Lipinski definition) is 4. The molecule has 1 saturated heterocycles. The molecule has 4 N–H and O–H groups in total. The van der Waals surface area contributed by atoms with Crippen LogP contribution < -0.4 is 0 Å². The molecule has 0 amide bonds.